The van der Waals surface area contributed by atoms with Crippen molar-refractivity contribution in [3.63, 3.8) is 0 Å². The third-order valence-electron chi connectivity index (χ3n) is 5.14. The van der Waals surface area contributed by atoms with E-state index >= 15 is 0 Å². The minimum absolute atomic E-state index is 0.518. The summed E-state index contributed by atoms with van der Waals surface area (Å²) in [6.07, 6.45) is 5.45. The van der Waals surface area contributed by atoms with Crippen LogP contribution in [0.25, 0.3) is 0 Å². The van der Waals surface area contributed by atoms with E-state index in [9.17, 15) is 0 Å². The second-order valence-electron chi connectivity index (χ2n) is 6.39. The summed E-state index contributed by atoms with van der Waals surface area (Å²) < 4.78 is 10.9. The molecule has 2 aliphatic rings. The molecule has 3 rings (SSSR count). The van der Waals surface area contributed by atoms with Gasteiger partial charge in [-0.25, -0.2) is 0 Å². The molecule has 1 aromatic rings. The van der Waals surface area contributed by atoms with Gasteiger partial charge in [0, 0.05) is 32.2 Å². The van der Waals surface area contributed by atoms with E-state index in [0.717, 1.165) is 43.6 Å². The average molecular weight is 304 g/mol. The van der Waals surface area contributed by atoms with Gasteiger partial charge in [-0.2, -0.15) is 0 Å². The van der Waals surface area contributed by atoms with E-state index in [2.05, 4.69) is 28.4 Å². The minimum atomic E-state index is 0.518. The van der Waals surface area contributed by atoms with E-state index in [1.165, 1.54) is 31.2 Å². The summed E-state index contributed by atoms with van der Waals surface area (Å²) in [5.74, 6) is 2.44. The molecule has 0 amide bonds. The highest BCUT2D eigenvalue weighted by Gasteiger charge is 2.32. The van der Waals surface area contributed by atoms with Crippen LogP contribution in [0.15, 0.2) is 18.2 Å². The van der Waals surface area contributed by atoms with Crippen LogP contribution in [0.1, 0.15) is 37.3 Å². The van der Waals surface area contributed by atoms with E-state index in [-0.39, 0.29) is 0 Å². The fourth-order valence-electron chi connectivity index (χ4n) is 4.05. The van der Waals surface area contributed by atoms with Gasteiger partial charge in [0.2, 0.25) is 0 Å². The number of rotatable bonds is 5. The van der Waals surface area contributed by atoms with E-state index in [4.69, 9.17) is 9.47 Å². The molecule has 1 saturated heterocycles. The smallest absolute Gasteiger partial charge is 0.161 e. The Balaban J connectivity index is 1.90. The van der Waals surface area contributed by atoms with Gasteiger partial charge < -0.3 is 14.8 Å². The first kappa shape index (κ1) is 15.6. The molecule has 0 bridgehead atoms. The topological polar surface area (TPSA) is 33.7 Å². The van der Waals surface area contributed by atoms with Gasteiger partial charge >= 0.3 is 0 Å². The van der Waals surface area contributed by atoms with Crippen molar-refractivity contribution in [2.45, 2.75) is 31.7 Å². The van der Waals surface area contributed by atoms with Crippen molar-refractivity contribution < 1.29 is 9.47 Å². The summed E-state index contributed by atoms with van der Waals surface area (Å²) in [4.78, 5) is 2.66. The van der Waals surface area contributed by atoms with Crippen LogP contribution in [0, 0.1) is 5.92 Å². The molecule has 122 valence electrons. The molecule has 1 N–H and O–H groups in total. The van der Waals surface area contributed by atoms with Crippen LogP contribution in [0.3, 0.4) is 0 Å². The second kappa shape index (κ2) is 7.34. The second-order valence-corrected chi connectivity index (χ2v) is 6.39. The summed E-state index contributed by atoms with van der Waals surface area (Å²) in [5, 5.41) is 3.47. The predicted molar refractivity (Wildman–Crippen MR) is 88.7 cm³/mol. The summed E-state index contributed by atoms with van der Waals surface area (Å²) in [6, 6.07) is 6.98. The van der Waals surface area contributed by atoms with Gasteiger partial charge in [-0.3, -0.25) is 4.90 Å². The molecule has 4 heteroatoms. The molecule has 0 unspecified atom stereocenters. The van der Waals surface area contributed by atoms with Gasteiger partial charge in [0.25, 0.3) is 0 Å². The molecule has 1 heterocycles. The number of hydrogen-bond donors (Lipinski definition) is 1. The fraction of sp³-hybridized carbons (Fsp3) is 0.667. The summed E-state index contributed by atoms with van der Waals surface area (Å²) >= 11 is 0. The molecule has 1 saturated carbocycles. The van der Waals surface area contributed by atoms with Crippen LogP contribution >= 0.6 is 0 Å². The standard InChI is InChI=1S/C18H28N2O2/c1-21-16-8-7-15(13-17(16)22-2)18(14-5-3-4-6-14)20-11-9-19-10-12-20/h7-8,13-14,18-19H,3-6,9-12H2,1-2H3/t18-/m1/s1. The number of benzene rings is 1. The maximum atomic E-state index is 5.52. The highest BCUT2D eigenvalue weighted by atomic mass is 16.5. The van der Waals surface area contributed by atoms with Crippen molar-refractivity contribution in [1.82, 2.24) is 10.2 Å². The average Bonchev–Trinajstić information content (AvgIpc) is 3.10. The van der Waals surface area contributed by atoms with E-state index in [1.807, 2.05) is 0 Å². The number of nitrogens with zero attached hydrogens (tertiary/aromatic N) is 1. The lowest BCUT2D eigenvalue weighted by Crippen LogP contribution is -2.46. The molecular weight excluding hydrogens is 276 g/mol. The highest BCUT2D eigenvalue weighted by molar-refractivity contribution is 5.44. The molecular formula is C18H28N2O2. The monoisotopic (exact) mass is 304 g/mol. The summed E-state index contributed by atoms with van der Waals surface area (Å²) in [5.41, 5.74) is 1.38. The summed E-state index contributed by atoms with van der Waals surface area (Å²) in [6.45, 7) is 4.46. The van der Waals surface area contributed by atoms with E-state index in [0.29, 0.717) is 6.04 Å². The molecule has 1 aliphatic carbocycles. The molecule has 1 atom stereocenters. The SMILES string of the molecule is COc1ccc([C@@H](C2CCCC2)N2CCNCC2)cc1OC. The molecule has 0 aromatic heterocycles. The third-order valence-corrected chi connectivity index (χ3v) is 5.14. The van der Waals surface area contributed by atoms with Crippen molar-refractivity contribution in [2.75, 3.05) is 40.4 Å². The molecule has 1 aromatic carbocycles. The first-order chi connectivity index (χ1) is 10.8. The molecule has 0 radical (unpaired) electrons. The maximum absolute atomic E-state index is 5.52. The molecule has 4 nitrogen and oxygen atoms in total. The van der Waals surface area contributed by atoms with Crippen LogP contribution in [-0.4, -0.2) is 45.3 Å². The zero-order valence-corrected chi connectivity index (χ0v) is 13.8. The number of methoxy groups -OCH3 is 2. The maximum Gasteiger partial charge on any atom is 0.161 e. The minimum Gasteiger partial charge on any atom is -0.493 e. The zero-order valence-electron chi connectivity index (χ0n) is 13.8. The van der Waals surface area contributed by atoms with Crippen LogP contribution in [0.2, 0.25) is 0 Å². The van der Waals surface area contributed by atoms with Crippen LogP contribution in [-0.2, 0) is 0 Å². The number of piperazine rings is 1. The van der Waals surface area contributed by atoms with Gasteiger partial charge in [0.15, 0.2) is 11.5 Å². The molecule has 1 aliphatic heterocycles. The third kappa shape index (κ3) is 3.23. The first-order valence-corrected chi connectivity index (χ1v) is 8.50. The highest BCUT2D eigenvalue weighted by Crippen LogP contribution is 2.41. The van der Waals surface area contributed by atoms with Crippen molar-refractivity contribution in [2.24, 2.45) is 5.92 Å². The quantitative estimate of drug-likeness (QED) is 0.907. The van der Waals surface area contributed by atoms with Crippen molar-refractivity contribution in [3.05, 3.63) is 23.8 Å². The Labute approximate surface area is 133 Å². The van der Waals surface area contributed by atoms with Crippen LogP contribution in [0.4, 0.5) is 0 Å². The van der Waals surface area contributed by atoms with Crippen LogP contribution in [0.5, 0.6) is 11.5 Å². The fourth-order valence-corrected chi connectivity index (χ4v) is 4.05. The van der Waals surface area contributed by atoms with Gasteiger partial charge in [0.1, 0.15) is 0 Å². The Morgan fingerprint density at radius 2 is 1.73 bits per heavy atom. The number of hydrogen-bond acceptors (Lipinski definition) is 4. The van der Waals surface area contributed by atoms with E-state index < -0.39 is 0 Å². The lowest BCUT2D eigenvalue weighted by Gasteiger charge is -2.38. The van der Waals surface area contributed by atoms with Gasteiger partial charge in [0.05, 0.1) is 14.2 Å². The van der Waals surface area contributed by atoms with E-state index in [1.54, 1.807) is 14.2 Å². The Morgan fingerprint density at radius 1 is 1.05 bits per heavy atom. The van der Waals surface area contributed by atoms with Crippen molar-refractivity contribution >= 4 is 0 Å². The van der Waals surface area contributed by atoms with Gasteiger partial charge in [-0.15, -0.1) is 0 Å². The Morgan fingerprint density at radius 3 is 2.36 bits per heavy atom. The molecule has 0 spiro atoms. The number of ether oxygens (including phenoxy) is 2. The normalized spacial score (nSPS) is 21.7. The van der Waals surface area contributed by atoms with Gasteiger partial charge in [-0.05, 0) is 36.5 Å². The molecule has 22 heavy (non-hydrogen) atoms. The van der Waals surface area contributed by atoms with Crippen molar-refractivity contribution in [1.29, 1.82) is 0 Å². The lowest BCUT2D eigenvalue weighted by atomic mass is 9.89. The Hall–Kier alpha value is -1.26. The first-order valence-electron chi connectivity index (χ1n) is 8.50. The Bertz CT molecular complexity index is 480. The largest absolute Gasteiger partial charge is 0.493 e. The Kier molecular flexibility index (Phi) is 5.21. The lowest BCUT2D eigenvalue weighted by molar-refractivity contribution is 0.125. The predicted octanol–water partition coefficient (Wildman–Crippen LogP) is 2.84. The van der Waals surface area contributed by atoms with Crippen molar-refractivity contribution in [3.8, 4) is 11.5 Å². The summed E-state index contributed by atoms with van der Waals surface area (Å²) in [7, 11) is 3.42. The van der Waals surface area contributed by atoms with Gasteiger partial charge in [-0.1, -0.05) is 18.9 Å². The zero-order chi connectivity index (χ0) is 15.4. The van der Waals surface area contributed by atoms with Crippen LogP contribution < -0.4 is 14.8 Å². The molecule has 2 fully saturated rings. The number of nitrogens with one attached hydrogen (secondary N) is 1.